The lowest BCUT2D eigenvalue weighted by Gasteiger charge is -2.39. The van der Waals surface area contributed by atoms with E-state index >= 15 is 0 Å². The second-order valence-electron chi connectivity index (χ2n) is 5.13. The lowest BCUT2D eigenvalue weighted by atomic mass is 10.0. The molecule has 0 aromatic rings. The van der Waals surface area contributed by atoms with Crippen molar-refractivity contribution in [1.29, 1.82) is 0 Å². The maximum absolute atomic E-state index is 11.7. The molecule has 2 fully saturated rings. The molecule has 0 aromatic carbocycles. The standard InChI is InChI=1S/C10H19N3O/c1-10(2,3)13-5-4-7-8(13)9(14)12-6-11-7/h7-8,11H,4-6H2,1-3H3,(H,12,14). The minimum atomic E-state index is 0.0312. The van der Waals surface area contributed by atoms with Crippen molar-refractivity contribution >= 4 is 5.91 Å². The maximum atomic E-state index is 11.7. The molecular weight excluding hydrogens is 178 g/mol. The van der Waals surface area contributed by atoms with Crippen LogP contribution in [0.25, 0.3) is 0 Å². The molecule has 0 spiro atoms. The number of amides is 1. The highest BCUT2D eigenvalue weighted by atomic mass is 16.2. The first-order valence-corrected chi connectivity index (χ1v) is 5.28. The average Bonchev–Trinajstić information content (AvgIpc) is 2.47. The molecule has 2 heterocycles. The number of fused-ring (bicyclic) bond motifs is 1. The molecule has 2 unspecified atom stereocenters. The molecular formula is C10H19N3O. The Balaban J connectivity index is 2.18. The Labute approximate surface area is 85.0 Å². The van der Waals surface area contributed by atoms with Crippen LogP contribution in [0.5, 0.6) is 0 Å². The number of likely N-dealkylation sites (tertiary alicyclic amines) is 1. The van der Waals surface area contributed by atoms with E-state index in [1.807, 2.05) is 0 Å². The van der Waals surface area contributed by atoms with Crippen LogP contribution in [-0.4, -0.2) is 41.6 Å². The molecule has 2 aliphatic heterocycles. The fraction of sp³-hybridized carbons (Fsp3) is 0.900. The SMILES string of the molecule is CC(C)(C)N1CCC2NCNC(=O)C21. The van der Waals surface area contributed by atoms with Crippen LogP contribution >= 0.6 is 0 Å². The van der Waals surface area contributed by atoms with E-state index in [4.69, 9.17) is 0 Å². The van der Waals surface area contributed by atoms with Gasteiger partial charge in [-0.3, -0.25) is 15.0 Å². The molecule has 0 bridgehead atoms. The van der Waals surface area contributed by atoms with E-state index in [1.54, 1.807) is 0 Å². The van der Waals surface area contributed by atoms with Crippen LogP contribution in [0.4, 0.5) is 0 Å². The summed E-state index contributed by atoms with van der Waals surface area (Å²) in [5.41, 5.74) is 0.0791. The van der Waals surface area contributed by atoms with E-state index in [0.717, 1.165) is 13.0 Å². The van der Waals surface area contributed by atoms with Crippen molar-refractivity contribution in [2.24, 2.45) is 0 Å². The van der Waals surface area contributed by atoms with E-state index in [0.29, 0.717) is 12.7 Å². The van der Waals surface area contributed by atoms with Crippen molar-refractivity contribution in [3.63, 3.8) is 0 Å². The molecule has 0 radical (unpaired) electrons. The van der Waals surface area contributed by atoms with Gasteiger partial charge in [-0.05, 0) is 27.2 Å². The van der Waals surface area contributed by atoms with Crippen LogP contribution in [0.15, 0.2) is 0 Å². The van der Waals surface area contributed by atoms with E-state index in [1.165, 1.54) is 0 Å². The summed E-state index contributed by atoms with van der Waals surface area (Å²) < 4.78 is 0. The fourth-order valence-corrected chi connectivity index (χ4v) is 2.46. The Kier molecular flexibility index (Phi) is 2.27. The smallest absolute Gasteiger partial charge is 0.239 e. The van der Waals surface area contributed by atoms with Gasteiger partial charge in [0.05, 0.1) is 6.67 Å². The van der Waals surface area contributed by atoms with Gasteiger partial charge < -0.3 is 5.32 Å². The number of rotatable bonds is 0. The number of hydrogen-bond donors (Lipinski definition) is 2. The topological polar surface area (TPSA) is 44.4 Å². The summed E-state index contributed by atoms with van der Waals surface area (Å²) in [6.07, 6.45) is 1.08. The number of carbonyl (C=O) groups excluding carboxylic acids is 1. The Hall–Kier alpha value is -0.610. The molecule has 2 atom stereocenters. The molecule has 14 heavy (non-hydrogen) atoms. The predicted octanol–water partition coefficient (Wildman–Crippen LogP) is -0.0953. The van der Waals surface area contributed by atoms with Gasteiger partial charge in [-0.15, -0.1) is 0 Å². The van der Waals surface area contributed by atoms with Gasteiger partial charge in [0.1, 0.15) is 6.04 Å². The second-order valence-corrected chi connectivity index (χ2v) is 5.13. The summed E-state index contributed by atoms with van der Waals surface area (Å²) in [7, 11) is 0. The van der Waals surface area contributed by atoms with E-state index in [2.05, 4.69) is 36.3 Å². The highest BCUT2D eigenvalue weighted by Gasteiger charge is 2.45. The Morgan fingerprint density at radius 3 is 2.79 bits per heavy atom. The van der Waals surface area contributed by atoms with Crippen LogP contribution in [0.2, 0.25) is 0 Å². The third kappa shape index (κ3) is 1.53. The summed E-state index contributed by atoms with van der Waals surface area (Å²) in [5, 5.41) is 6.20. The molecule has 2 aliphatic rings. The molecule has 2 rings (SSSR count). The number of nitrogens with one attached hydrogen (secondary N) is 2. The Morgan fingerprint density at radius 2 is 2.14 bits per heavy atom. The van der Waals surface area contributed by atoms with Crippen LogP contribution in [-0.2, 0) is 4.79 Å². The Morgan fingerprint density at radius 1 is 1.43 bits per heavy atom. The zero-order valence-electron chi connectivity index (χ0n) is 9.13. The van der Waals surface area contributed by atoms with Crippen molar-refractivity contribution in [3.05, 3.63) is 0 Å². The molecule has 0 aromatic heterocycles. The number of carbonyl (C=O) groups is 1. The van der Waals surface area contributed by atoms with Crippen LogP contribution in [0.3, 0.4) is 0 Å². The van der Waals surface area contributed by atoms with Gasteiger partial charge in [-0.2, -0.15) is 0 Å². The monoisotopic (exact) mass is 197 g/mol. The first kappa shape index (κ1) is 9.93. The number of hydrogen-bond acceptors (Lipinski definition) is 3. The highest BCUT2D eigenvalue weighted by molar-refractivity contribution is 5.83. The predicted molar refractivity (Wildman–Crippen MR) is 54.8 cm³/mol. The van der Waals surface area contributed by atoms with Gasteiger partial charge in [0.2, 0.25) is 5.91 Å². The van der Waals surface area contributed by atoms with Crippen molar-refractivity contribution in [2.45, 2.75) is 44.8 Å². The zero-order valence-corrected chi connectivity index (χ0v) is 9.13. The molecule has 0 aliphatic carbocycles. The molecule has 0 saturated carbocycles. The summed E-state index contributed by atoms with van der Waals surface area (Å²) in [6, 6.07) is 0.381. The lowest BCUT2D eigenvalue weighted by molar-refractivity contribution is -0.129. The highest BCUT2D eigenvalue weighted by Crippen LogP contribution is 2.27. The lowest BCUT2D eigenvalue weighted by Crippen LogP contribution is -2.62. The zero-order chi connectivity index (χ0) is 10.3. The van der Waals surface area contributed by atoms with Crippen LogP contribution < -0.4 is 10.6 Å². The summed E-state index contributed by atoms with van der Waals surface area (Å²) in [6.45, 7) is 8.13. The van der Waals surface area contributed by atoms with Crippen molar-refractivity contribution in [3.8, 4) is 0 Å². The van der Waals surface area contributed by atoms with Crippen LogP contribution in [0, 0.1) is 0 Å². The molecule has 2 N–H and O–H groups in total. The minimum absolute atomic E-state index is 0.0312. The van der Waals surface area contributed by atoms with Crippen molar-refractivity contribution in [1.82, 2.24) is 15.5 Å². The first-order valence-electron chi connectivity index (χ1n) is 5.28. The van der Waals surface area contributed by atoms with Gasteiger partial charge in [0.15, 0.2) is 0 Å². The molecule has 80 valence electrons. The van der Waals surface area contributed by atoms with E-state index in [9.17, 15) is 4.79 Å². The van der Waals surface area contributed by atoms with Gasteiger partial charge in [-0.1, -0.05) is 0 Å². The Bertz CT molecular complexity index is 246. The molecule has 2 saturated heterocycles. The van der Waals surface area contributed by atoms with Gasteiger partial charge in [-0.25, -0.2) is 0 Å². The van der Waals surface area contributed by atoms with Crippen LogP contribution in [0.1, 0.15) is 27.2 Å². The first-order chi connectivity index (χ1) is 6.50. The third-order valence-corrected chi connectivity index (χ3v) is 3.16. The second kappa shape index (κ2) is 3.21. The van der Waals surface area contributed by atoms with Crippen molar-refractivity contribution in [2.75, 3.05) is 13.2 Å². The fourth-order valence-electron chi connectivity index (χ4n) is 2.46. The number of nitrogens with zero attached hydrogens (tertiary/aromatic N) is 1. The van der Waals surface area contributed by atoms with Gasteiger partial charge >= 0.3 is 0 Å². The quantitative estimate of drug-likeness (QED) is 0.570. The minimum Gasteiger partial charge on any atom is -0.342 e. The summed E-state index contributed by atoms with van der Waals surface area (Å²) in [5.74, 6) is 0.182. The molecule has 4 nitrogen and oxygen atoms in total. The summed E-state index contributed by atoms with van der Waals surface area (Å²) in [4.78, 5) is 14.0. The maximum Gasteiger partial charge on any atom is 0.239 e. The average molecular weight is 197 g/mol. The molecule has 1 amide bonds. The van der Waals surface area contributed by atoms with E-state index in [-0.39, 0.29) is 17.5 Å². The van der Waals surface area contributed by atoms with Crippen molar-refractivity contribution < 1.29 is 4.79 Å². The normalized spacial score (nSPS) is 34.1. The van der Waals surface area contributed by atoms with Gasteiger partial charge in [0.25, 0.3) is 0 Å². The third-order valence-electron chi connectivity index (χ3n) is 3.16. The summed E-state index contributed by atoms with van der Waals surface area (Å²) >= 11 is 0. The largest absolute Gasteiger partial charge is 0.342 e. The van der Waals surface area contributed by atoms with Gasteiger partial charge in [0, 0.05) is 18.1 Å². The molecule has 4 heteroatoms. The van der Waals surface area contributed by atoms with E-state index < -0.39 is 0 Å².